The van der Waals surface area contributed by atoms with Crippen molar-refractivity contribution in [3.63, 3.8) is 0 Å². The predicted molar refractivity (Wildman–Crippen MR) is 72.7 cm³/mol. The summed E-state index contributed by atoms with van der Waals surface area (Å²) >= 11 is 0. The number of nitrogens with two attached hydrogens (primary N) is 1. The fourth-order valence-electron chi connectivity index (χ4n) is 3.59. The number of ether oxygens (including phenoxy) is 1. The number of hydrogen-bond donors (Lipinski definition) is 1. The summed E-state index contributed by atoms with van der Waals surface area (Å²) in [6, 6.07) is 3.22. The summed E-state index contributed by atoms with van der Waals surface area (Å²) in [4.78, 5) is 0. The molecule has 1 fully saturated rings. The van der Waals surface area contributed by atoms with E-state index in [0.29, 0.717) is 12.1 Å². The van der Waals surface area contributed by atoms with E-state index in [4.69, 9.17) is 10.5 Å². The Morgan fingerprint density at radius 1 is 1.44 bits per heavy atom. The van der Waals surface area contributed by atoms with Crippen LogP contribution in [0.4, 0.5) is 0 Å². The summed E-state index contributed by atoms with van der Waals surface area (Å²) in [7, 11) is 0. The molecule has 2 N–H and O–H groups in total. The van der Waals surface area contributed by atoms with E-state index in [1.165, 1.54) is 42.6 Å². The van der Waals surface area contributed by atoms with Gasteiger partial charge in [-0.15, -0.1) is 0 Å². The van der Waals surface area contributed by atoms with Crippen LogP contribution in [0.15, 0.2) is 6.07 Å². The summed E-state index contributed by atoms with van der Waals surface area (Å²) < 4.78 is 8.22. The van der Waals surface area contributed by atoms with E-state index in [1.807, 2.05) is 0 Å². The van der Waals surface area contributed by atoms with Crippen molar-refractivity contribution in [1.29, 1.82) is 0 Å². The molecule has 100 valence electrons. The minimum Gasteiger partial charge on any atom is -0.378 e. The van der Waals surface area contributed by atoms with Crippen molar-refractivity contribution < 1.29 is 4.74 Å². The van der Waals surface area contributed by atoms with Gasteiger partial charge in [-0.05, 0) is 57.6 Å². The van der Waals surface area contributed by atoms with Crippen molar-refractivity contribution in [2.24, 2.45) is 5.73 Å². The van der Waals surface area contributed by atoms with Crippen LogP contribution in [0.25, 0.3) is 0 Å². The first-order valence-electron chi connectivity index (χ1n) is 7.28. The highest BCUT2D eigenvalue weighted by Crippen LogP contribution is 2.40. The minimum atomic E-state index is 0.261. The van der Waals surface area contributed by atoms with Crippen LogP contribution in [0.2, 0.25) is 0 Å². The zero-order valence-corrected chi connectivity index (χ0v) is 11.5. The molecular weight excluding hydrogens is 224 g/mol. The Labute approximate surface area is 109 Å². The lowest BCUT2D eigenvalue weighted by atomic mass is 9.87. The third kappa shape index (κ3) is 1.90. The largest absolute Gasteiger partial charge is 0.378 e. The number of nitrogens with zero attached hydrogens (tertiary/aromatic N) is 1. The van der Waals surface area contributed by atoms with Crippen LogP contribution in [-0.2, 0) is 11.2 Å². The minimum absolute atomic E-state index is 0.261. The highest BCUT2D eigenvalue weighted by atomic mass is 16.5. The van der Waals surface area contributed by atoms with Crippen LogP contribution in [0.1, 0.15) is 61.6 Å². The summed E-state index contributed by atoms with van der Waals surface area (Å²) in [5.41, 5.74) is 10.5. The van der Waals surface area contributed by atoms with Gasteiger partial charge in [0.2, 0.25) is 0 Å². The van der Waals surface area contributed by atoms with Crippen LogP contribution < -0.4 is 5.73 Å². The third-order valence-corrected chi connectivity index (χ3v) is 4.53. The molecule has 2 aliphatic carbocycles. The Balaban J connectivity index is 1.81. The van der Waals surface area contributed by atoms with Gasteiger partial charge in [0.1, 0.15) is 0 Å². The Bertz CT molecular complexity index is 432. The molecule has 0 saturated heterocycles. The van der Waals surface area contributed by atoms with E-state index < -0.39 is 0 Å². The van der Waals surface area contributed by atoms with Gasteiger partial charge in [0.25, 0.3) is 0 Å². The van der Waals surface area contributed by atoms with Crippen LogP contribution in [0.5, 0.6) is 0 Å². The van der Waals surface area contributed by atoms with Crippen molar-refractivity contribution in [3.8, 4) is 0 Å². The van der Waals surface area contributed by atoms with E-state index in [2.05, 4.69) is 24.5 Å². The quantitative estimate of drug-likeness (QED) is 0.893. The first-order chi connectivity index (χ1) is 8.70. The molecule has 1 atom stereocenters. The van der Waals surface area contributed by atoms with Gasteiger partial charge >= 0.3 is 0 Å². The van der Waals surface area contributed by atoms with Crippen molar-refractivity contribution in [2.45, 2.75) is 64.1 Å². The van der Waals surface area contributed by atoms with Crippen LogP contribution >= 0.6 is 0 Å². The molecule has 18 heavy (non-hydrogen) atoms. The molecule has 1 heterocycles. The molecule has 0 aromatic carbocycles. The second-order valence-corrected chi connectivity index (χ2v) is 5.76. The maximum Gasteiger partial charge on any atom is 0.0614 e. The second-order valence-electron chi connectivity index (χ2n) is 5.76. The van der Waals surface area contributed by atoms with E-state index in [1.54, 1.807) is 0 Å². The fourth-order valence-corrected chi connectivity index (χ4v) is 3.59. The zero-order chi connectivity index (χ0) is 12.7. The lowest BCUT2D eigenvalue weighted by Gasteiger charge is -2.38. The normalized spacial score (nSPS) is 30.9. The van der Waals surface area contributed by atoms with Crippen molar-refractivity contribution >= 4 is 0 Å². The van der Waals surface area contributed by atoms with E-state index in [0.717, 1.165) is 13.0 Å². The topological polar surface area (TPSA) is 40.2 Å². The number of fused-ring (bicyclic) bond motifs is 1. The standard InChI is InChI=1S/C15H24N2O/c1-3-18-12-8-11(9-12)17-10(2)7-13-14(16)5-4-6-15(13)17/h7,11-12,14H,3-6,8-9,16H2,1-2H3. The molecule has 0 bridgehead atoms. The Hall–Kier alpha value is -0.800. The third-order valence-electron chi connectivity index (χ3n) is 4.53. The van der Waals surface area contributed by atoms with Crippen LogP contribution in [0, 0.1) is 6.92 Å². The zero-order valence-electron chi connectivity index (χ0n) is 11.5. The molecule has 3 heteroatoms. The lowest BCUT2D eigenvalue weighted by molar-refractivity contribution is -0.0207. The maximum absolute atomic E-state index is 6.23. The molecule has 0 spiro atoms. The summed E-state index contributed by atoms with van der Waals surface area (Å²) in [5.74, 6) is 0. The molecule has 1 aromatic heterocycles. The van der Waals surface area contributed by atoms with Gasteiger partial charge in [0, 0.05) is 30.1 Å². The van der Waals surface area contributed by atoms with Gasteiger partial charge in [0.15, 0.2) is 0 Å². The molecule has 1 unspecified atom stereocenters. The monoisotopic (exact) mass is 248 g/mol. The van der Waals surface area contributed by atoms with Crippen molar-refractivity contribution in [3.05, 3.63) is 23.0 Å². The van der Waals surface area contributed by atoms with E-state index in [9.17, 15) is 0 Å². The Morgan fingerprint density at radius 3 is 2.94 bits per heavy atom. The average molecular weight is 248 g/mol. The van der Waals surface area contributed by atoms with E-state index >= 15 is 0 Å². The molecular formula is C15H24N2O. The molecule has 0 aliphatic heterocycles. The molecule has 0 radical (unpaired) electrons. The Kier molecular flexibility index (Phi) is 3.20. The molecule has 1 aromatic rings. The highest BCUT2D eigenvalue weighted by Gasteiger charge is 2.34. The van der Waals surface area contributed by atoms with Crippen molar-refractivity contribution in [2.75, 3.05) is 6.61 Å². The van der Waals surface area contributed by atoms with Gasteiger partial charge in [0.05, 0.1) is 6.10 Å². The number of aryl methyl sites for hydroxylation is 1. The summed E-state index contributed by atoms with van der Waals surface area (Å²) in [6.45, 7) is 5.14. The first kappa shape index (κ1) is 12.2. The predicted octanol–water partition coefficient (Wildman–Crippen LogP) is 2.87. The van der Waals surface area contributed by atoms with Crippen molar-refractivity contribution in [1.82, 2.24) is 4.57 Å². The maximum atomic E-state index is 6.23. The smallest absolute Gasteiger partial charge is 0.0614 e. The van der Waals surface area contributed by atoms with Gasteiger partial charge in [-0.1, -0.05) is 0 Å². The fraction of sp³-hybridized carbons (Fsp3) is 0.733. The van der Waals surface area contributed by atoms with E-state index in [-0.39, 0.29) is 6.04 Å². The summed E-state index contributed by atoms with van der Waals surface area (Å²) in [6.07, 6.45) is 6.40. The number of hydrogen-bond acceptors (Lipinski definition) is 2. The van der Waals surface area contributed by atoms with Gasteiger partial charge in [-0.25, -0.2) is 0 Å². The second kappa shape index (κ2) is 4.71. The summed E-state index contributed by atoms with van der Waals surface area (Å²) in [5, 5.41) is 0. The Morgan fingerprint density at radius 2 is 2.22 bits per heavy atom. The molecule has 2 aliphatic rings. The van der Waals surface area contributed by atoms with Crippen LogP contribution in [-0.4, -0.2) is 17.3 Å². The average Bonchev–Trinajstić information content (AvgIpc) is 2.62. The van der Waals surface area contributed by atoms with Gasteiger partial charge in [-0.2, -0.15) is 0 Å². The number of rotatable bonds is 3. The molecule has 3 rings (SSSR count). The van der Waals surface area contributed by atoms with Gasteiger partial charge < -0.3 is 15.0 Å². The first-order valence-corrected chi connectivity index (χ1v) is 7.28. The van der Waals surface area contributed by atoms with Crippen LogP contribution in [0.3, 0.4) is 0 Å². The highest BCUT2D eigenvalue weighted by molar-refractivity contribution is 5.33. The molecule has 0 amide bonds. The molecule has 1 saturated carbocycles. The lowest BCUT2D eigenvalue weighted by Crippen LogP contribution is -2.35. The number of aromatic nitrogens is 1. The van der Waals surface area contributed by atoms with Gasteiger partial charge in [-0.3, -0.25) is 0 Å². The molecule has 3 nitrogen and oxygen atoms in total. The SMILES string of the molecule is CCOC1CC(n2c(C)cc3c2CCCC3N)C1.